The normalized spacial score (nSPS) is 12.2. The maximum Gasteiger partial charge on any atom is 0.207 e. The third kappa shape index (κ3) is 3.89. The van der Waals surface area contributed by atoms with Gasteiger partial charge >= 0.3 is 0 Å². The summed E-state index contributed by atoms with van der Waals surface area (Å²) in [6.07, 6.45) is 1.46. The molecule has 3 rings (SSSR count). The van der Waals surface area contributed by atoms with Gasteiger partial charge in [-0.2, -0.15) is 0 Å². The van der Waals surface area contributed by atoms with E-state index in [1.54, 1.807) is 12.1 Å². The molecule has 0 heterocycles. The van der Waals surface area contributed by atoms with Crippen molar-refractivity contribution in [2.45, 2.75) is 11.8 Å². The van der Waals surface area contributed by atoms with Crippen molar-refractivity contribution in [1.29, 1.82) is 0 Å². The van der Waals surface area contributed by atoms with Crippen LogP contribution in [0.1, 0.15) is 16.7 Å². The van der Waals surface area contributed by atoms with E-state index in [4.69, 9.17) is 0 Å². The summed E-state index contributed by atoms with van der Waals surface area (Å²) >= 11 is 0. The molecule has 0 atom stereocenters. The van der Waals surface area contributed by atoms with Crippen molar-refractivity contribution < 1.29 is 17.2 Å². The summed E-state index contributed by atoms with van der Waals surface area (Å²) in [7, 11) is -3.85. The first kappa shape index (κ1) is 18.0. The van der Waals surface area contributed by atoms with Crippen LogP contribution in [0, 0.1) is 18.6 Å². The highest BCUT2D eigenvalue weighted by molar-refractivity contribution is 8.00. The van der Waals surface area contributed by atoms with Gasteiger partial charge in [0.15, 0.2) is 0 Å². The lowest BCUT2D eigenvalue weighted by atomic mass is 10.1. The van der Waals surface area contributed by atoms with Crippen LogP contribution in [-0.2, 0) is 9.84 Å². The Bertz CT molecular complexity index is 1030. The Morgan fingerprint density at radius 2 is 1.27 bits per heavy atom. The average molecular weight is 370 g/mol. The molecule has 0 aromatic heterocycles. The molecule has 0 radical (unpaired) electrons. The molecule has 0 saturated carbocycles. The largest absolute Gasteiger partial charge is 0.218 e. The third-order valence-electron chi connectivity index (χ3n) is 3.92. The summed E-state index contributed by atoms with van der Waals surface area (Å²) in [5.41, 5.74) is 1.83. The molecule has 0 bridgehead atoms. The fourth-order valence-electron chi connectivity index (χ4n) is 2.48. The van der Waals surface area contributed by atoms with Crippen LogP contribution < -0.4 is 0 Å². The Balaban J connectivity index is 2.18. The summed E-state index contributed by atoms with van der Waals surface area (Å²) in [6.45, 7) is 1.87. The minimum atomic E-state index is -3.85. The molecule has 0 N–H and O–H groups in total. The zero-order valence-corrected chi connectivity index (χ0v) is 14.8. The van der Waals surface area contributed by atoms with Gasteiger partial charge in [-0.15, -0.1) is 0 Å². The first-order chi connectivity index (χ1) is 12.4. The number of benzene rings is 3. The summed E-state index contributed by atoms with van der Waals surface area (Å²) < 4.78 is 52.8. The zero-order chi connectivity index (χ0) is 18.7. The van der Waals surface area contributed by atoms with Crippen LogP contribution in [-0.4, -0.2) is 8.42 Å². The van der Waals surface area contributed by atoms with E-state index in [-0.39, 0.29) is 9.80 Å². The van der Waals surface area contributed by atoms with Crippen molar-refractivity contribution in [3.05, 3.63) is 101 Å². The highest BCUT2D eigenvalue weighted by Crippen LogP contribution is 2.30. The van der Waals surface area contributed by atoms with E-state index in [9.17, 15) is 17.2 Å². The van der Waals surface area contributed by atoms with Crippen LogP contribution in [0.5, 0.6) is 0 Å². The smallest absolute Gasteiger partial charge is 0.207 e. The first-order valence-electron chi connectivity index (χ1n) is 7.91. The second-order valence-electron chi connectivity index (χ2n) is 5.88. The predicted molar refractivity (Wildman–Crippen MR) is 99.0 cm³/mol. The van der Waals surface area contributed by atoms with E-state index < -0.39 is 21.5 Å². The third-order valence-corrected chi connectivity index (χ3v) is 5.74. The molecule has 132 valence electrons. The molecule has 0 aliphatic carbocycles. The van der Waals surface area contributed by atoms with Crippen LogP contribution >= 0.6 is 0 Å². The second-order valence-corrected chi connectivity index (χ2v) is 7.80. The molecule has 0 amide bonds. The van der Waals surface area contributed by atoms with Crippen molar-refractivity contribution in [3.8, 4) is 0 Å². The molecule has 26 heavy (non-hydrogen) atoms. The monoisotopic (exact) mass is 370 g/mol. The standard InChI is InChI=1S/C21H16F2O2S/c1-15-2-12-20(13-3-15)26(24,25)21(17-6-10-19(23)11-7-17)14-16-4-8-18(22)9-5-16/h2-14H,1H3/b21-14+. The maximum absolute atomic E-state index is 13.3. The quantitative estimate of drug-likeness (QED) is 0.588. The molecular formula is C21H16F2O2S. The number of rotatable bonds is 4. The maximum atomic E-state index is 13.3. The first-order valence-corrected chi connectivity index (χ1v) is 9.39. The zero-order valence-electron chi connectivity index (χ0n) is 14.0. The topological polar surface area (TPSA) is 34.1 Å². The number of halogens is 2. The lowest BCUT2D eigenvalue weighted by Gasteiger charge is -2.11. The van der Waals surface area contributed by atoms with Gasteiger partial charge in [0.1, 0.15) is 11.6 Å². The minimum Gasteiger partial charge on any atom is -0.218 e. The molecule has 0 fully saturated rings. The molecule has 0 saturated heterocycles. The van der Waals surface area contributed by atoms with Crippen LogP contribution in [0.15, 0.2) is 77.7 Å². The lowest BCUT2D eigenvalue weighted by Crippen LogP contribution is -2.04. The molecule has 0 aliphatic rings. The lowest BCUT2D eigenvalue weighted by molar-refractivity contribution is 0.605. The average Bonchev–Trinajstić information content (AvgIpc) is 2.62. The molecular weight excluding hydrogens is 354 g/mol. The Morgan fingerprint density at radius 1 is 0.769 bits per heavy atom. The highest BCUT2D eigenvalue weighted by Gasteiger charge is 2.22. The van der Waals surface area contributed by atoms with E-state index in [0.717, 1.165) is 5.56 Å². The highest BCUT2D eigenvalue weighted by atomic mass is 32.2. The molecule has 0 spiro atoms. The summed E-state index contributed by atoms with van der Waals surface area (Å²) in [6, 6.07) is 17.2. The van der Waals surface area contributed by atoms with Gasteiger partial charge in [0.2, 0.25) is 9.84 Å². The summed E-state index contributed by atoms with van der Waals surface area (Å²) in [5, 5.41) is 0. The van der Waals surface area contributed by atoms with E-state index in [1.807, 2.05) is 6.92 Å². The Hall–Kier alpha value is -2.79. The Kier molecular flexibility index (Phi) is 5.00. The molecule has 2 nitrogen and oxygen atoms in total. The van der Waals surface area contributed by atoms with Gasteiger partial charge in [0, 0.05) is 0 Å². The molecule has 3 aromatic carbocycles. The number of hydrogen-bond donors (Lipinski definition) is 0. The molecule has 5 heteroatoms. The van der Waals surface area contributed by atoms with E-state index in [1.165, 1.54) is 66.7 Å². The Labute approximate surface area is 151 Å². The van der Waals surface area contributed by atoms with Crippen LogP contribution in [0.4, 0.5) is 8.78 Å². The summed E-state index contributed by atoms with van der Waals surface area (Å²) in [5.74, 6) is -0.866. The van der Waals surface area contributed by atoms with Gasteiger partial charge in [-0.1, -0.05) is 42.0 Å². The number of aryl methyl sites for hydroxylation is 1. The molecule has 3 aromatic rings. The fraction of sp³-hybridized carbons (Fsp3) is 0.0476. The van der Waals surface area contributed by atoms with Crippen molar-refractivity contribution in [3.63, 3.8) is 0 Å². The van der Waals surface area contributed by atoms with Gasteiger partial charge in [-0.25, -0.2) is 17.2 Å². The number of hydrogen-bond acceptors (Lipinski definition) is 2. The number of sulfone groups is 1. The van der Waals surface area contributed by atoms with Crippen molar-refractivity contribution >= 4 is 20.8 Å². The van der Waals surface area contributed by atoms with E-state index in [2.05, 4.69) is 0 Å². The van der Waals surface area contributed by atoms with Crippen molar-refractivity contribution in [2.24, 2.45) is 0 Å². The SMILES string of the molecule is Cc1ccc(S(=O)(=O)/C(=C/c2ccc(F)cc2)c2ccc(F)cc2)cc1. The van der Waals surface area contributed by atoms with Crippen molar-refractivity contribution in [1.82, 2.24) is 0 Å². The molecule has 0 aliphatic heterocycles. The molecule has 0 unspecified atom stereocenters. The Morgan fingerprint density at radius 3 is 1.81 bits per heavy atom. The fourth-order valence-corrected chi connectivity index (χ4v) is 3.97. The summed E-state index contributed by atoms with van der Waals surface area (Å²) in [4.78, 5) is 0.161. The van der Waals surface area contributed by atoms with Gasteiger partial charge in [-0.05, 0) is 60.5 Å². The van der Waals surface area contributed by atoms with E-state index in [0.29, 0.717) is 11.1 Å². The van der Waals surface area contributed by atoms with Crippen molar-refractivity contribution in [2.75, 3.05) is 0 Å². The van der Waals surface area contributed by atoms with Crippen LogP contribution in [0.25, 0.3) is 11.0 Å². The van der Waals surface area contributed by atoms with E-state index >= 15 is 0 Å². The van der Waals surface area contributed by atoms with Gasteiger partial charge in [0.05, 0.1) is 9.80 Å². The predicted octanol–water partition coefficient (Wildman–Crippen LogP) is 5.25. The second kappa shape index (κ2) is 7.22. The van der Waals surface area contributed by atoms with Gasteiger partial charge in [-0.3, -0.25) is 0 Å². The van der Waals surface area contributed by atoms with Gasteiger partial charge in [0.25, 0.3) is 0 Å². The minimum absolute atomic E-state index is 0.0213. The van der Waals surface area contributed by atoms with Gasteiger partial charge < -0.3 is 0 Å². The van der Waals surface area contributed by atoms with Crippen LogP contribution in [0.3, 0.4) is 0 Å². The van der Waals surface area contributed by atoms with Crippen LogP contribution in [0.2, 0.25) is 0 Å².